The zero-order valence-corrected chi connectivity index (χ0v) is 16.4. The van der Waals surface area contributed by atoms with E-state index in [9.17, 15) is 22.8 Å². The maximum atomic E-state index is 12.3. The Kier molecular flexibility index (Phi) is 5.83. The summed E-state index contributed by atoms with van der Waals surface area (Å²) < 4.78 is 24.9. The first-order chi connectivity index (χ1) is 13.7. The number of fused-ring (bicyclic) bond motifs is 1. The molecule has 3 amide bonds. The third-order valence-corrected chi connectivity index (χ3v) is 4.77. The van der Waals surface area contributed by atoms with Crippen LogP contribution in [0.1, 0.15) is 23.2 Å². The van der Waals surface area contributed by atoms with Gasteiger partial charge in [0.25, 0.3) is 5.91 Å². The van der Waals surface area contributed by atoms with Gasteiger partial charge in [-0.3, -0.25) is 19.1 Å². The van der Waals surface area contributed by atoms with Crippen LogP contribution in [0.15, 0.2) is 48.5 Å². The van der Waals surface area contributed by atoms with E-state index in [-0.39, 0.29) is 24.7 Å². The Labute approximate surface area is 167 Å². The lowest BCUT2D eigenvalue weighted by Gasteiger charge is -2.14. The molecular formula is C19H20N4O5S. The van der Waals surface area contributed by atoms with E-state index in [1.165, 1.54) is 6.07 Å². The molecule has 0 aliphatic carbocycles. The largest absolute Gasteiger partial charge is 0.340 e. The van der Waals surface area contributed by atoms with E-state index in [4.69, 9.17) is 0 Å². The summed E-state index contributed by atoms with van der Waals surface area (Å²) in [5.74, 6) is -1.15. The Morgan fingerprint density at radius 1 is 1.07 bits per heavy atom. The molecule has 0 aromatic heterocycles. The molecule has 0 fully saturated rings. The molecule has 2 aromatic carbocycles. The second kappa shape index (κ2) is 8.31. The van der Waals surface area contributed by atoms with Crippen molar-refractivity contribution in [2.45, 2.75) is 18.9 Å². The van der Waals surface area contributed by atoms with Crippen molar-refractivity contribution < 1.29 is 22.8 Å². The van der Waals surface area contributed by atoms with Crippen molar-refractivity contribution in [3.05, 3.63) is 54.1 Å². The molecule has 1 aliphatic heterocycles. The number of nitrogens with one attached hydrogen (secondary N) is 4. The number of amides is 3. The van der Waals surface area contributed by atoms with Crippen molar-refractivity contribution in [1.82, 2.24) is 5.32 Å². The maximum Gasteiger partial charge on any atom is 0.254 e. The highest BCUT2D eigenvalue weighted by molar-refractivity contribution is 7.92. The molecule has 0 saturated carbocycles. The van der Waals surface area contributed by atoms with Gasteiger partial charge in [-0.15, -0.1) is 0 Å². The molecule has 152 valence electrons. The molecule has 1 aliphatic rings. The molecule has 29 heavy (non-hydrogen) atoms. The van der Waals surface area contributed by atoms with E-state index >= 15 is 0 Å². The zero-order valence-electron chi connectivity index (χ0n) is 15.6. The van der Waals surface area contributed by atoms with Gasteiger partial charge in [0.15, 0.2) is 0 Å². The van der Waals surface area contributed by atoms with Crippen molar-refractivity contribution in [3.63, 3.8) is 0 Å². The fourth-order valence-electron chi connectivity index (χ4n) is 2.89. The molecule has 9 nitrogen and oxygen atoms in total. The minimum absolute atomic E-state index is 0.0154. The van der Waals surface area contributed by atoms with Gasteiger partial charge in [0, 0.05) is 12.1 Å². The number of para-hydroxylation sites is 1. The topological polar surface area (TPSA) is 133 Å². The van der Waals surface area contributed by atoms with E-state index in [2.05, 4.69) is 20.7 Å². The summed E-state index contributed by atoms with van der Waals surface area (Å²) in [6.45, 7) is 0. The van der Waals surface area contributed by atoms with Crippen LogP contribution in [0.2, 0.25) is 0 Å². The second-order valence-electron chi connectivity index (χ2n) is 6.60. The van der Waals surface area contributed by atoms with E-state index in [1.807, 2.05) is 0 Å². The predicted octanol–water partition coefficient (Wildman–Crippen LogP) is 1.53. The predicted molar refractivity (Wildman–Crippen MR) is 109 cm³/mol. The van der Waals surface area contributed by atoms with Gasteiger partial charge in [-0.25, -0.2) is 8.42 Å². The molecule has 3 rings (SSSR count). The molecule has 1 heterocycles. The van der Waals surface area contributed by atoms with Crippen molar-refractivity contribution in [3.8, 4) is 0 Å². The Morgan fingerprint density at radius 2 is 1.79 bits per heavy atom. The monoisotopic (exact) mass is 416 g/mol. The highest BCUT2D eigenvalue weighted by atomic mass is 32.2. The molecule has 4 N–H and O–H groups in total. The second-order valence-corrected chi connectivity index (χ2v) is 8.35. The van der Waals surface area contributed by atoms with Gasteiger partial charge in [-0.05, 0) is 36.8 Å². The van der Waals surface area contributed by atoms with E-state index in [0.717, 1.165) is 6.26 Å². The first-order valence-corrected chi connectivity index (χ1v) is 10.7. The summed E-state index contributed by atoms with van der Waals surface area (Å²) in [5.41, 5.74) is 1.52. The molecule has 1 atom stereocenters. The molecule has 0 unspecified atom stereocenters. The molecule has 10 heteroatoms. The van der Waals surface area contributed by atoms with E-state index in [1.54, 1.807) is 42.5 Å². The summed E-state index contributed by atoms with van der Waals surface area (Å²) >= 11 is 0. The number of sulfonamides is 1. The summed E-state index contributed by atoms with van der Waals surface area (Å²) in [6, 6.07) is 12.1. The first-order valence-electron chi connectivity index (χ1n) is 8.80. The summed E-state index contributed by atoms with van der Waals surface area (Å²) in [7, 11) is -3.43. The van der Waals surface area contributed by atoms with Crippen molar-refractivity contribution in [2.24, 2.45) is 0 Å². The van der Waals surface area contributed by atoms with Gasteiger partial charge < -0.3 is 16.0 Å². The van der Waals surface area contributed by atoms with Crippen molar-refractivity contribution >= 4 is 44.8 Å². The number of carbonyl (C=O) groups excluding carboxylic acids is 3. The summed E-state index contributed by atoms with van der Waals surface area (Å²) in [6.07, 6.45) is 1.12. The van der Waals surface area contributed by atoms with Gasteiger partial charge in [-0.1, -0.05) is 18.2 Å². The SMILES string of the molecule is CS(=O)(=O)Nc1cccc(NC(=O)CC[C@H]2NC(=O)c3ccccc3NC2=O)c1. The molecule has 0 radical (unpaired) electrons. The minimum atomic E-state index is -3.43. The third kappa shape index (κ3) is 5.55. The van der Waals surface area contributed by atoms with Crippen LogP contribution in [0.4, 0.5) is 17.1 Å². The Morgan fingerprint density at radius 3 is 2.55 bits per heavy atom. The number of carbonyl (C=O) groups is 3. The highest BCUT2D eigenvalue weighted by Gasteiger charge is 2.27. The minimum Gasteiger partial charge on any atom is -0.340 e. The number of benzene rings is 2. The van der Waals surface area contributed by atoms with Gasteiger partial charge in [0.1, 0.15) is 6.04 Å². The molecule has 0 saturated heterocycles. The van der Waals surface area contributed by atoms with Crippen LogP contribution < -0.4 is 20.7 Å². The standard InChI is InChI=1S/C19H20N4O5S/c1-29(27,28)23-13-6-4-5-12(11-13)20-17(24)10-9-16-19(26)21-15-8-3-2-7-14(15)18(25)22-16/h2-8,11,16,23H,9-10H2,1H3,(H,20,24)(H,21,26)(H,22,25)/t16-/m1/s1. The maximum absolute atomic E-state index is 12.3. The van der Waals surface area contributed by atoms with Crippen LogP contribution in [0.3, 0.4) is 0 Å². The van der Waals surface area contributed by atoms with Crippen LogP contribution in [-0.4, -0.2) is 38.4 Å². The summed E-state index contributed by atoms with van der Waals surface area (Å²) in [4.78, 5) is 36.9. The van der Waals surface area contributed by atoms with Crippen LogP contribution in [0, 0.1) is 0 Å². The first kappa shape index (κ1) is 20.3. The average Bonchev–Trinajstić information content (AvgIpc) is 2.75. The zero-order chi connectivity index (χ0) is 21.0. The smallest absolute Gasteiger partial charge is 0.254 e. The molecule has 2 aromatic rings. The number of rotatable bonds is 6. The number of hydrogen-bond acceptors (Lipinski definition) is 5. The van der Waals surface area contributed by atoms with Gasteiger partial charge in [0.05, 0.1) is 23.2 Å². The van der Waals surface area contributed by atoms with Gasteiger partial charge >= 0.3 is 0 Å². The fraction of sp³-hybridized carbons (Fsp3) is 0.211. The molecule has 0 bridgehead atoms. The van der Waals surface area contributed by atoms with Gasteiger partial charge in [-0.2, -0.15) is 0 Å². The van der Waals surface area contributed by atoms with Crippen LogP contribution in [0.5, 0.6) is 0 Å². The lowest BCUT2D eigenvalue weighted by Crippen LogP contribution is -2.41. The Balaban J connectivity index is 1.59. The Hall–Kier alpha value is -3.40. The fourth-order valence-corrected chi connectivity index (χ4v) is 3.44. The normalized spacial score (nSPS) is 16.1. The van der Waals surface area contributed by atoms with Crippen LogP contribution >= 0.6 is 0 Å². The average molecular weight is 416 g/mol. The van der Waals surface area contributed by atoms with Crippen molar-refractivity contribution in [2.75, 3.05) is 21.6 Å². The van der Waals surface area contributed by atoms with Crippen LogP contribution in [-0.2, 0) is 19.6 Å². The van der Waals surface area contributed by atoms with E-state index < -0.39 is 22.0 Å². The quantitative estimate of drug-likeness (QED) is 0.567. The summed E-state index contributed by atoms with van der Waals surface area (Å²) in [5, 5.41) is 7.97. The van der Waals surface area contributed by atoms with E-state index in [0.29, 0.717) is 22.6 Å². The van der Waals surface area contributed by atoms with Crippen LogP contribution in [0.25, 0.3) is 0 Å². The third-order valence-electron chi connectivity index (χ3n) is 4.16. The molecular weight excluding hydrogens is 396 g/mol. The lowest BCUT2D eigenvalue weighted by molar-refractivity contribution is -0.118. The van der Waals surface area contributed by atoms with Crippen molar-refractivity contribution in [1.29, 1.82) is 0 Å². The molecule has 0 spiro atoms. The van der Waals surface area contributed by atoms with Gasteiger partial charge in [0.2, 0.25) is 21.8 Å². The number of hydrogen-bond donors (Lipinski definition) is 4. The lowest BCUT2D eigenvalue weighted by atomic mass is 10.1. The highest BCUT2D eigenvalue weighted by Crippen LogP contribution is 2.20. The number of anilines is 3. The Bertz CT molecular complexity index is 1070.